The second-order valence-corrected chi connectivity index (χ2v) is 9.25. The highest BCUT2D eigenvalue weighted by Crippen LogP contribution is 2.70. The van der Waals surface area contributed by atoms with E-state index in [0.29, 0.717) is 19.4 Å². The number of nitrogens with zero attached hydrogens (tertiary/aromatic N) is 2. The Bertz CT molecular complexity index is 1140. The van der Waals surface area contributed by atoms with E-state index in [4.69, 9.17) is 9.84 Å². The molecule has 30 heavy (non-hydrogen) atoms. The maximum absolute atomic E-state index is 14.6. The topological polar surface area (TPSA) is 54.9 Å². The minimum atomic E-state index is -2.61. The molecule has 2 aromatic heterocycles. The SMILES string of the molecule is CNc1ccc2cc(-c3nn(C4CCCCO4)c4c3C[C@@H]3C(F)(F)[C@]3(C)C4)[nH]c2c1. The van der Waals surface area contributed by atoms with Crippen LogP contribution >= 0.6 is 0 Å². The van der Waals surface area contributed by atoms with Gasteiger partial charge in [0.1, 0.15) is 11.9 Å². The van der Waals surface area contributed by atoms with Gasteiger partial charge in [-0.3, -0.25) is 0 Å². The summed E-state index contributed by atoms with van der Waals surface area (Å²) in [5.74, 6) is -3.20. The third-order valence-electron chi connectivity index (χ3n) is 7.54. The molecule has 3 atom stereocenters. The Hall–Kier alpha value is -2.41. The number of aromatic nitrogens is 3. The van der Waals surface area contributed by atoms with Gasteiger partial charge in [0.15, 0.2) is 0 Å². The summed E-state index contributed by atoms with van der Waals surface area (Å²) in [6.07, 6.45) is 3.57. The van der Waals surface area contributed by atoms with Gasteiger partial charge < -0.3 is 15.0 Å². The average molecular weight is 412 g/mol. The number of alkyl halides is 2. The van der Waals surface area contributed by atoms with Crippen molar-refractivity contribution in [2.45, 2.75) is 51.2 Å². The fourth-order valence-corrected chi connectivity index (χ4v) is 5.51. The number of H-pyrrole nitrogens is 1. The molecule has 1 unspecified atom stereocenters. The van der Waals surface area contributed by atoms with E-state index in [1.165, 1.54) is 0 Å². The van der Waals surface area contributed by atoms with Gasteiger partial charge in [-0.05, 0) is 43.9 Å². The van der Waals surface area contributed by atoms with E-state index in [9.17, 15) is 8.78 Å². The van der Waals surface area contributed by atoms with Crippen LogP contribution < -0.4 is 5.32 Å². The fraction of sp³-hybridized carbons (Fsp3) is 0.522. The normalized spacial score (nSPS) is 29.5. The average Bonchev–Trinajstić information content (AvgIpc) is 3.12. The van der Waals surface area contributed by atoms with Crippen molar-refractivity contribution in [3.63, 3.8) is 0 Å². The molecule has 2 aliphatic carbocycles. The molecule has 1 aromatic carbocycles. The first kappa shape index (κ1) is 18.4. The number of hydrogen-bond acceptors (Lipinski definition) is 3. The smallest absolute Gasteiger partial charge is 0.258 e. The van der Waals surface area contributed by atoms with E-state index in [1.807, 2.05) is 17.8 Å². The predicted molar refractivity (Wildman–Crippen MR) is 112 cm³/mol. The monoisotopic (exact) mass is 412 g/mol. The van der Waals surface area contributed by atoms with Crippen LogP contribution in [0.3, 0.4) is 0 Å². The summed E-state index contributed by atoms with van der Waals surface area (Å²) in [6, 6.07) is 8.21. The Labute approximate surface area is 173 Å². The number of hydrogen-bond donors (Lipinski definition) is 2. The first-order valence-electron chi connectivity index (χ1n) is 10.8. The van der Waals surface area contributed by atoms with Crippen LogP contribution in [0.2, 0.25) is 0 Å². The summed E-state index contributed by atoms with van der Waals surface area (Å²) in [4.78, 5) is 3.47. The molecular formula is C23H26F2N4O. The minimum Gasteiger partial charge on any atom is -0.388 e. The maximum Gasteiger partial charge on any atom is 0.258 e. The van der Waals surface area contributed by atoms with Gasteiger partial charge in [-0.2, -0.15) is 5.10 Å². The molecule has 0 radical (unpaired) electrons. The van der Waals surface area contributed by atoms with Gasteiger partial charge in [-0.1, -0.05) is 13.0 Å². The molecule has 2 fully saturated rings. The van der Waals surface area contributed by atoms with E-state index in [-0.39, 0.29) is 6.23 Å². The van der Waals surface area contributed by atoms with Crippen molar-refractivity contribution >= 4 is 16.6 Å². The van der Waals surface area contributed by atoms with E-state index in [2.05, 4.69) is 28.5 Å². The van der Waals surface area contributed by atoms with Gasteiger partial charge in [0, 0.05) is 59.3 Å². The van der Waals surface area contributed by atoms with Gasteiger partial charge in [-0.25, -0.2) is 13.5 Å². The van der Waals surface area contributed by atoms with E-state index in [1.54, 1.807) is 6.92 Å². The van der Waals surface area contributed by atoms with Crippen molar-refractivity contribution in [1.29, 1.82) is 0 Å². The zero-order valence-corrected chi connectivity index (χ0v) is 17.3. The van der Waals surface area contributed by atoms with Crippen LogP contribution in [0.1, 0.15) is 43.7 Å². The highest BCUT2D eigenvalue weighted by atomic mass is 19.3. The third kappa shape index (κ3) is 2.38. The molecule has 1 aliphatic heterocycles. The van der Waals surface area contributed by atoms with E-state index >= 15 is 0 Å². The Balaban J connectivity index is 1.48. The molecule has 0 spiro atoms. The van der Waals surface area contributed by atoms with Crippen LogP contribution in [0.15, 0.2) is 24.3 Å². The summed E-state index contributed by atoms with van der Waals surface area (Å²) in [7, 11) is 1.89. The molecule has 3 aliphatic rings. The highest BCUT2D eigenvalue weighted by Gasteiger charge is 2.78. The Morgan fingerprint density at radius 1 is 1.27 bits per heavy atom. The van der Waals surface area contributed by atoms with Crippen LogP contribution in [0.25, 0.3) is 22.3 Å². The van der Waals surface area contributed by atoms with Crippen LogP contribution in [0.4, 0.5) is 14.5 Å². The molecule has 0 bridgehead atoms. The molecular weight excluding hydrogens is 386 g/mol. The number of benzene rings is 1. The van der Waals surface area contributed by atoms with Gasteiger partial charge in [0.25, 0.3) is 5.92 Å². The Morgan fingerprint density at radius 2 is 2.13 bits per heavy atom. The number of fused-ring (bicyclic) bond motifs is 3. The van der Waals surface area contributed by atoms with Crippen LogP contribution in [0.5, 0.6) is 0 Å². The molecule has 2 N–H and O–H groups in total. The van der Waals surface area contributed by atoms with E-state index in [0.717, 1.165) is 58.5 Å². The Morgan fingerprint density at radius 3 is 2.90 bits per heavy atom. The van der Waals surface area contributed by atoms with Gasteiger partial charge in [0.2, 0.25) is 0 Å². The largest absolute Gasteiger partial charge is 0.388 e. The van der Waals surface area contributed by atoms with Crippen molar-refractivity contribution in [1.82, 2.24) is 14.8 Å². The molecule has 0 amide bonds. The molecule has 1 saturated carbocycles. The summed E-state index contributed by atoms with van der Waals surface area (Å²) >= 11 is 0. The molecule has 7 heteroatoms. The maximum atomic E-state index is 14.6. The molecule has 1 saturated heterocycles. The van der Waals surface area contributed by atoms with Crippen molar-refractivity contribution in [2.24, 2.45) is 11.3 Å². The Kier molecular flexibility index (Phi) is 3.71. The first-order chi connectivity index (χ1) is 14.4. The lowest BCUT2D eigenvalue weighted by Gasteiger charge is -2.26. The minimum absolute atomic E-state index is 0.158. The molecule has 3 aromatic rings. The lowest BCUT2D eigenvalue weighted by molar-refractivity contribution is -0.0418. The van der Waals surface area contributed by atoms with E-state index < -0.39 is 17.3 Å². The third-order valence-corrected chi connectivity index (χ3v) is 7.54. The number of nitrogens with one attached hydrogen (secondary N) is 2. The van der Waals surface area contributed by atoms with Crippen molar-refractivity contribution in [3.05, 3.63) is 35.5 Å². The second kappa shape index (κ2) is 6.06. The first-order valence-corrected chi connectivity index (χ1v) is 10.8. The fourth-order valence-electron chi connectivity index (χ4n) is 5.51. The molecule has 6 rings (SSSR count). The quantitative estimate of drug-likeness (QED) is 0.626. The zero-order valence-electron chi connectivity index (χ0n) is 17.3. The number of anilines is 1. The number of aromatic amines is 1. The summed E-state index contributed by atoms with van der Waals surface area (Å²) in [6.45, 7) is 2.42. The van der Waals surface area contributed by atoms with Crippen LogP contribution in [0, 0.1) is 11.3 Å². The van der Waals surface area contributed by atoms with Crippen molar-refractivity contribution < 1.29 is 13.5 Å². The summed E-state index contributed by atoms with van der Waals surface area (Å²) < 4.78 is 37.1. The van der Waals surface area contributed by atoms with Crippen molar-refractivity contribution in [3.8, 4) is 11.4 Å². The van der Waals surface area contributed by atoms with Crippen LogP contribution in [-0.4, -0.2) is 34.3 Å². The van der Waals surface area contributed by atoms with Gasteiger partial charge >= 0.3 is 0 Å². The lowest BCUT2D eigenvalue weighted by atomic mass is 9.87. The molecule has 3 heterocycles. The predicted octanol–water partition coefficient (Wildman–Crippen LogP) is 5.14. The number of halogens is 2. The second-order valence-electron chi connectivity index (χ2n) is 9.25. The summed E-state index contributed by atoms with van der Waals surface area (Å²) in [5, 5.41) is 9.19. The lowest BCUT2D eigenvalue weighted by Crippen LogP contribution is -2.24. The zero-order chi connectivity index (χ0) is 20.7. The summed E-state index contributed by atoms with van der Waals surface area (Å²) in [5.41, 5.74) is 4.65. The standard InChI is InChI=1S/C23H26F2N4O/c1-22-12-18-15(11-19(22)23(22,24)25)21(28-29(18)20-5-3-4-8-30-20)17-9-13-6-7-14(26-2)10-16(13)27-17/h6-7,9-10,19-20,26-27H,3-5,8,11-12H2,1-2H3/t19-,20?,22+/m0/s1. The van der Waals surface area contributed by atoms with Crippen molar-refractivity contribution in [2.75, 3.05) is 19.0 Å². The number of ether oxygens (including phenoxy) is 1. The van der Waals surface area contributed by atoms with Gasteiger partial charge in [-0.15, -0.1) is 0 Å². The van der Waals surface area contributed by atoms with Gasteiger partial charge in [0.05, 0.1) is 5.69 Å². The molecule has 5 nitrogen and oxygen atoms in total. The molecule has 158 valence electrons. The van der Waals surface area contributed by atoms with Crippen LogP contribution in [-0.2, 0) is 17.6 Å². The number of rotatable bonds is 3. The highest BCUT2D eigenvalue weighted by molar-refractivity contribution is 5.88.